The number of anilines is 1. The molecule has 2 rings (SSSR count). The molecule has 1 aromatic heterocycles. The van der Waals surface area contributed by atoms with Crippen molar-refractivity contribution in [2.24, 2.45) is 0 Å². The maximum absolute atomic E-state index is 11.8. The highest BCUT2D eigenvalue weighted by atomic mass is 32.1. The summed E-state index contributed by atoms with van der Waals surface area (Å²) in [5.74, 6) is -0.453. The lowest BCUT2D eigenvalue weighted by molar-refractivity contribution is -0.142. The van der Waals surface area contributed by atoms with Gasteiger partial charge in [-0.2, -0.15) is 0 Å². The Labute approximate surface area is 132 Å². The zero-order valence-electron chi connectivity index (χ0n) is 11.9. The van der Waals surface area contributed by atoms with Gasteiger partial charge in [0.1, 0.15) is 5.75 Å². The average molecular weight is 317 g/mol. The molecule has 1 amide bonds. The number of para-hydroxylation sites is 2. The van der Waals surface area contributed by atoms with Gasteiger partial charge in [-0.25, -0.2) is 4.79 Å². The number of methoxy groups -OCH3 is 1. The summed E-state index contributed by atoms with van der Waals surface area (Å²) in [7, 11) is 1.51. The second-order valence-corrected chi connectivity index (χ2v) is 5.18. The largest absolute Gasteiger partial charge is 0.495 e. The minimum atomic E-state index is -0.566. The van der Waals surface area contributed by atoms with Gasteiger partial charge in [-0.3, -0.25) is 4.79 Å². The fraction of sp³-hybridized carbons (Fsp3) is 0.125. The van der Waals surface area contributed by atoms with Gasteiger partial charge >= 0.3 is 5.97 Å². The Bertz CT molecular complexity index is 665. The number of amides is 1. The molecule has 114 valence electrons. The average Bonchev–Trinajstić information content (AvgIpc) is 3.05. The molecule has 0 radical (unpaired) electrons. The molecule has 6 heteroatoms. The molecule has 0 atom stereocenters. The number of ether oxygens (including phenoxy) is 2. The summed E-state index contributed by atoms with van der Waals surface area (Å²) in [6, 6.07) is 10.8. The van der Waals surface area contributed by atoms with Crippen molar-refractivity contribution in [3.63, 3.8) is 0 Å². The fourth-order valence-electron chi connectivity index (χ4n) is 1.66. The van der Waals surface area contributed by atoms with E-state index in [0.29, 0.717) is 11.4 Å². The molecule has 0 fully saturated rings. The predicted molar refractivity (Wildman–Crippen MR) is 85.9 cm³/mol. The summed E-state index contributed by atoms with van der Waals surface area (Å²) < 4.78 is 9.99. The van der Waals surface area contributed by atoms with E-state index in [1.807, 2.05) is 17.5 Å². The van der Waals surface area contributed by atoms with Crippen LogP contribution in [0.25, 0.3) is 6.08 Å². The van der Waals surface area contributed by atoms with Crippen molar-refractivity contribution >= 4 is 35.0 Å². The van der Waals surface area contributed by atoms with Crippen LogP contribution in [0.2, 0.25) is 0 Å². The summed E-state index contributed by atoms with van der Waals surface area (Å²) in [4.78, 5) is 24.2. The van der Waals surface area contributed by atoms with E-state index < -0.39 is 11.9 Å². The first kappa shape index (κ1) is 15.8. The van der Waals surface area contributed by atoms with Crippen LogP contribution in [0.15, 0.2) is 47.9 Å². The monoisotopic (exact) mass is 317 g/mol. The third kappa shape index (κ3) is 4.75. The summed E-state index contributed by atoms with van der Waals surface area (Å²) in [5, 5.41) is 4.53. The number of hydrogen-bond acceptors (Lipinski definition) is 5. The predicted octanol–water partition coefficient (Wildman–Crippen LogP) is 2.95. The SMILES string of the molecule is COc1ccccc1NC(=O)COC(=O)/C=C/c1cccs1. The van der Waals surface area contributed by atoms with Gasteiger partial charge in [-0.15, -0.1) is 11.3 Å². The van der Waals surface area contributed by atoms with E-state index in [4.69, 9.17) is 9.47 Å². The normalized spacial score (nSPS) is 10.4. The van der Waals surface area contributed by atoms with Crippen molar-refractivity contribution in [3.05, 3.63) is 52.7 Å². The standard InChI is InChI=1S/C16H15NO4S/c1-20-14-7-3-2-6-13(14)17-15(18)11-21-16(19)9-8-12-5-4-10-22-12/h2-10H,11H2,1H3,(H,17,18)/b9-8+. The summed E-state index contributed by atoms with van der Waals surface area (Å²) in [5.41, 5.74) is 0.528. The molecule has 0 saturated heterocycles. The highest BCUT2D eigenvalue weighted by Gasteiger charge is 2.08. The van der Waals surface area contributed by atoms with Crippen molar-refractivity contribution in [2.75, 3.05) is 19.0 Å². The van der Waals surface area contributed by atoms with Crippen LogP contribution in [0.4, 0.5) is 5.69 Å². The smallest absolute Gasteiger partial charge is 0.331 e. The van der Waals surface area contributed by atoms with Crippen molar-refractivity contribution in [2.45, 2.75) is 0 Å². The van der Waals surface area contributed by atoms with Crippen LogP contribution >= 0.6 is 11.3 Å². The highest BCUT2D eigenvalue weighted by Crippen LogP contribution is 2.22. The van der Waals surface area contributed by atoms with Crippen molar-refractivity contribution in [1.82, 2.24) is 0 Å². The second kappa shape index (κ2) is 7.99. The molecular formula is C16H15NO4S. The van der Waals surface area contributed by atoms with E-state index in [1.54, 1.807) is 30.3 Å². The molecule has 0 spiro atoms. The van der Waals surface area contributed by atoms with Gasteiger partial charge in [-0.05, 0) is 29.7 Å². The fourth-order valence-corrected chi connectivity index (χ4v) is 2.27. The summed E-state index contributed by atoms with van der Waals surface area (Å²) in [6.45, 7) is -0.355. The van der Waals surface area contributed by atoms with Crippen LogP contribution in [-0.4, -0.2) is 25.6 Å². The molecule has 5 nitrogen and oxygen atoms in total. The highest BCUT2D eigenvalue weighted by molar-refractivity contribution is 7.10. The lowest BCUT2D eigenvalue weighted by Gasteiger charge is -2.09. The van der Waals surface area contributed by atoms with Crippen LogP contribution in [-0.2, 0) is 14.3 Å². The van der Waals surface area contributed by atoms with E-state index in [9.17, 15) is 9.59 Å². The van der Waals surface area contributed by atoms with Crippen LogP contribution in [0.5, 0.6) is 5.75 Å². The molecule has 0 bridgehead atoms. The second-order valence-electron chi connectivity index (χ2n) is 4.20. The number of hydrogen-bond donors (Lipinski definition) is 1. The van der Waals surface area contributed by atoms with Gasteiger partial charge in [0.25, 0.3) is 5.91 Å². The lowest BCUT2D eigenvalue weighted by Crippen LogP contribution is -2.20. The number of benzene rings is 1. The quantitative estimate of drug-likeness (QED) is 0.657. The topological polar surface area (TPSA) is 64.6 Å². The molecule has 1 heterocycles. The van der Waals surface area contributed by atoms with Crippen LogP contribution in [0.3, 0.4) is 0 Å². The van der Waals surface area contributed by atoms with E-state index >= 15 is 0 Å². The van der Waals surface area contributed by atoms with Crippen molar-refractivity contribution in [3.8, 4) is 5.75 Å². The summed E-state index contributed by atoms with van der Waals surface area (Å²) in [6.07, 6.45) is 2.94. The molecule has 22 heavy (non-hydrogen) atoms. The first-order chi connectivity index (χ1) is 10.7. The van der Waals surface area contributed by atoms with E-state index in [2.05, 4.69) is 5.32 Å². The number of thiophene rings is 1. The molecule has 0 aliphatic rings. The Kier molecular flexibility index (Phi) is 5.73. The molecular weight excluding hydrogens is 302 g/mol. The maximum atomic E-state index is 11.8. The van der Waals surface area contributed by atoms with Crippen LogP contribution < -0.4 is 10.1 Å². The Hall–Kier alpha value is -2.60. The first-order valence-electron chi connectivity index (χ1n) is 6.50. The number of esters is 1. The molecule has 1 N–H and O–H groups in total. The maximum Gasteiger partial charge on any atom is 0.331 e. The third-order valence-electron chi connectivity index (χ3n) is 2.65. The van der Waals surface area contributed by atoms with Crippen LogP contribution in [0, 0.1) is 0 Å². The van der Waals surface area contributed by atoms with Gasteiger partial charge < -0.3 is 14.8 Å². The zero-order valence-corrected chi connectivity index (χ0v) is 12.8. The van der Waals surface area contributed by atoms with E-state index in [0.717, 1.165) is 4.88 Å². The molecule has 0 unspecified atom stereocenters. The van der Waals surface area contributed by atoms with Crippen molar-refractivity contribution in [1.29, 1.82) is 0 Å². The summed E-state index contributed by atoms with van der Waals surface area (Å²) >= 11 is 1.51. The van der Waals surface area contributed by atoms with Crippen LogP contribution in [0.1, 0.15) is 4.88 Å². The van der Waals surface area contributed by atoms with Gasteiger partial charge in [0, 0.05) is 11.0 Å². The molecule has 0 aliphatic heterocycles. The Morgan fingerprint density at radius 2 is 2.05 bits per heavy atom. The molecule has 0 saturated carbocycles. The van der Waals surface area contributed by atoms with Gasteiger partial charge in [0.05, 0.1) is 12.8 Å². The Morgan fingerprint density at radius 1 is 1.23 bits per heavy atom. The number of rotatable bonds is 6. The number of carbonyl (C=O) groups is 2. The lowest BCUT2D eigenvalue weighted by atomic mass is 10.3. The molecule has 0 aliphatic carbocycles. The van der Waals surface area contributed by atoms with E-state index in [1.165, 1.54) is 24.5 Å². The van der Waals surface area contributed by atoms with E-state index in [-0.39, 0.29) is 6.61 Å². The molecule has 2 aromatic rings. The Balaban J connectivity index is 1.81. The Morgan fingerprint density at radius 3 is 2.77 bits per heavy atom. The minimum absolute atomic E-state index is 0.355. The number of nitrogens with one attached hydrogen (secondary N) is 1. The van der Waals surface area contributed by atoms with Gasteiger partial charge in [0.2, 0.25) is 0 Å². The molecule has 1 aromatic carbocycles. The first-order valence-corrected chi connectivity index (χ1v) is 7.38. The van der Waals surface area contributed by atoms with Crippen molar-refractivity contribution < 1.29 is 19.1 Å². The van der Waals surface area contributed by atoms with Gasteiger partial charge in [0.15, 0.2) is 6.61 Å². The van der Waals surface area contributed by atoms with Gasteiger partial charge in [-0.1, -0.05) is 18.2 Å². The number of carbonyl (C=O) groups excluding carboxylic acids is 2. The minimum Gasteiger partial charge on any atom is -0.495 e. The zero-order chi connectivity index (χ0) is 15.8. The third-order valence-corrected chi connectivity index (χ3v) is 3.49.